The van der Waals surface area contributed by atoms with Crippen LogP contribution < -0.4 is 4.57 Å². The number of benzene rings is 1. The Balaban J connectivity index is 2.01. The van der Waals surface area contributed by atoms with E-state index in [2.05, 4.69) is 6.92 Å². The molecule has 0 saturated heterocycles. The predicted octanol–water partition coefficient (Wildman–Crippen LogP) is 2.33. The summed E-state index contributed by atoms with van der Waals surface area (Å²) >= 11 is 0. The van der Waals surface area contributed by atoms with Crippen molar-refractivity contribution in [3.05, 3.63) is 54.6 Å². The summed E-state index contributed by atoms with van der Waals surface area (Å²) in [5, 5.41) is 0. The summed E-state index contributed by atoms with van der Waals surface area (Å²) in [6.45, 7) is 2.45. The van der Waals surface area contributed by atoms with E-state index in [4.69, 9.17) is 9.47 Å². The molecule has 1 aromatic heterocycles. The Labute approximate surface area is 148 Å². The average Bonchev–Trinajstić information content (AvgIpc) is 3.02. The van der Waals surface area contributed by atoms with E-state index >= 15 is 0 Å². The molecule has 6 heteroatoms. The fourth-order valence-corrected chi connectivity index (χ4v) is 2.39. The molecule has 0 spiro atoms. The lowest BCUT2D eigenvalue weighted by atomic mass is 10.1. The number of hydrogen-bond acceptors (Lipinski definition) is 4. The van der Waals surface area contributed by atoms with Crippen LogP contribution in [0.2, 0.25) is 0 Å². The highest BCUT2D eigenvalue weighted by Gasteiger charge is 2.27. The van der Waals surface area contributed by atoms with Gasteiger partial charge in [-0.3, -0.25) is 0 Å². The van der Waals surface area contributed by atoms with Crippen LogP contribution in [-0.4, -0.2) is 23.1 Å². The zero-order valence-corrected chi connectivity index (χ0v) is 14.8. The summed E-state index contributed by atoms with van der Waals surface area (Å²) in [6, 6.07) is 8.94. The first-order valence-corrected chi connectivity index (χ1v) is 8.52. The van der Waals surface area contributed by atoms with Gasteiger partial charge in [0, 0.05) is 5.56 Å². The largest absolute Gasteiger partial charge is 0.463 e. The first kappa shape index (κ1) is 18.7. The van der Waals surface area contributed by atoms with Gasteiger partial charge < -0.3 is 9.47 Å². The minimum absolute atomic E-state index is 0.0350. The Hall–Kier alpha value is -2.63. The van der Waals surface area contributed by atoms with E-state index in [1.807, 2.05) is 23.9 Å². The van der Waals surface area contributed by atoms with E-state index < -0.39 is 18.0 Å². The second-order valence-corrected chi connectivity index (χ2v) is 5.91. The molecule has 1 heterocycles. The first-order chi connectivity index (χ1) is 12.1. The molecule has 6 nitrogen and oxygen atoms in total. The zero-order chi connectivity index (χ0) is 18.1. The minimum Gasteiger partial charge on any atom is -0.463 e. The minimum atomic E-state index is -1.04. The van der Waals surface area contributed by atoms with E-state index in [9.17, 15) is 9.59 Å². The van der Waals surface area contributed by atoms with Gasteiger partial charge in [-0.2, -0.15) is 0 Å². The number of imidazole rings is 1. The SMILES string of the molecule is CCCCCOC(=O)[C@@H](OC(=O)Cn1cc[n+](C)c1)c1ccccc1. The first-order valence-electron chi connectivity index (χ1n) is 8.52. The van der Waals surface area contributed by atoms with Crippen molar-refractivity contribution in [3.63, 3.8) is 0 Å². The fraction of sp³-hybridized carbons (Fsp3) is 0.421. The van der Waals surface area contributed by atoms with Crippen molar-refractivity contribution in [3.8, 4) is 0 Å². The van der Waals surface area contributed by atoms with E-state index in [1.54, 1.807) is 41.4 Å². The number of aromatic nitrogens is 2. The molecular weight excluding hydrogens is 320 g/mol. The van der Waals surface area contributed by atoms with Gasteiger partial charge in [0.25, 0.3) is 0 Å². The molecule has 134 valence electrons. The fourth-order valence-electron chi connectivity index (χ4n) is 2.39. The van der Waals surface area contributed by atoms with Crippen molar-refractivity contribution in [2.24, 2.45) is 7.05 Å². The molecule has 0 fully saturated rings. The molecule has 25 heavy (non-hydrogen) atoms. The van der Waals surface area contributed by atoms with Gasteiger partial charge in [-0.15, -0.1) is 0 Å². The molecule has 0 unspecified atom stereocenters. The number of esters is 2. The second-order valence-electron chi connectivity index (χ2n) is 5.91. The Morgan fingerprint density at radius 1 is 1.20 bits per heavy atom. The van der Waals surface area contributed by atoms with Crippen molar-refractivity contribution in [1.82, 2.24) is 4.57 Å². The smallest absolute Gasteiger partial charge is 0.352 e. The highest BCUT2D eigenvalue weighted by Crippen LogP contribution is 2.20. The van der Waals surface area contributed by atoms with Crippen LogP contribution in [0.5, 0.6) is 0 Å². The molecule has 0 aliphatic rings. The van der Waals surface area contributed by atoms with Crippen LogP contribution in [0.1, 0.15) is 37.9 Å². The van der Waals surface area contributed by atoms with Gasteiger partial charge in [-0.1, -0.05) is 50.1 Å². The Bertz CT molecular complexity index is 682. The summed E-state index contributed by atoms with van der Waals surface area (Å²) in [5.41, 5.74) is 0.606. The maximum Gasteiger partial charge on any atom is 0.352 e. The van der Waals surface area contributed by atoms with Crippen molar-refractivity contribution >= 4 is 11.9 Å². The summed E-state index contributed by atoms with van der Waals surface area (Å²) in [4.78, 5) is 24.6. The van der Waals surface area contributed by atoms with E-state index in [0.29, 0.717) is 12.2 Å². The van der Waals surface area contributed by atoms with Gasteiger partial charge in [0.15, 0.2) is 6.54 Å². The van der Waals surface area contributed by atoms with E-state index in [-0.39, 0.29) is 6.54 Å². The normalized spacial score (nSPS) is 11.8. The van der Waals surface area contributed by atoms with Gasteiger partial charge in [-0.05, 0) is 6.42 Å². The maximum atomic E-state index is 12.4. The number of aryl methyl sites for hydroxylation is 1. The molecule has 2 rings (SSSR count). The molecule has 2 aromatic rings. The van der Waals surface area contributed by atoms with Crippen LogP contribution in [0, 0.1) is 0 Å². The zero-order valence-electron chi connectivity index (χ0n) is 14.8. The Kier molecular flexibility index (Phi) is 7.19. The van der Waals surface area contributed by atoms with Crippen molar-refractivity contribution in [1.29, 1.82) is 0 Å². The van der Waals surface area contributed by atoms with Crippen molar-refractivity contribution in [2.75, 3.05) is 6.61 Å². The van der Waals surface area contributed by atoms with Crippen LogP contribution in [0.4, 0.5) is 0 Å². The molecular formula is C19H25N2O4+. The highest BCUT2D eigenvalue weighted by atomic mass is 16.6. The summed E-state index contributed by atoms with van der Waals surface area (Å²) in [5.74, 6) is -1.02. The summed E-state index contributed by atoms with van der Waals surface area (Å²) in [6.07, 6.45) is 7.15. The van der Waals surface area contributed by atoms with Gasteiger partial charge >= 0.3 is 11.9 Å². The maximum absolute atomic E-state index is 12.4. The molecule has 0 aliphatic carbocycles. The van der Waals surface area contributed by atoms with Gasteiger partial charge in [0.2, 0.25) is 12.4 Å². The lowest BCUT2D eigenvalue weighted by Gasteiger charge is -2.16. The molecule has 0 saturated carbocycles. The molecule has 0 bridgehead atoms. The Morgan fingerprint density at radius 3 is 2.60 bits per heavy atom. The quantitative estimate of drug-likeness (QED) is 0.398. The molecule has 1 atom stereocenters. The Morgan fingerprint density at radius 2 is 1.96 bits per heavy atom. The summed E-state index contributed by atoms with van der Waals surface area (Å²) in [7, 11) is 1.86. The average molecular weight is 345 g/mol. The van der Waals surface area contributed by atoms with Gasteiger partial charge in [0.1, 0.15) is 12.4 Å². The third-order valence-electron chi connectivity index (χ3n) is 3.69. The van der Waals surface area contributed by atoms with Gasteiger partial charge in [0.05, 0.1) is 13.7 Å². The third kappa shape index (κ3) is 6.06. The van der Waals surface area contributed by atoms with Crippen LogP contribution in [0.15, 0.2) is 49.1 Å². The highest BCUT2D eigenvalue weighted by molar-refractivity contribution is 5.80. The summed E-state index contributed by atoms with van der Waals surface area (Å²) < 4.78 is 14.2. The number of ether oxygens (including phenoxy) is 2. The third-order valence-corrected chi connectivity index (χ3v) is 3.69. The van der Waals surface area contributed by atoms with Crippen LogP contribution in [0.3, 0.4) is 0 Å². The lowest BCUT2D eigenvalue weighted by molar-refractivity contribution is -0.671. The van der Waals surface area contributed by atoms with Crippen LogP contribution in [0.25, 0.3) is 0 Å². The van der Waals surface area contributed by atoms with Crippen molar-refractivity contribution in [2.45, 2.75) is 38.8 Å². The molecule has 0 radical (unpaired) electrons. The number of nitrogens with zero attached hydrogens (tertiary/aromatic N) is 2. The van der Waals surface area contributed by atoms with Crippen LogP contribution >= 0.6 is 0 Å². The molecule has 0 N–H and O–H groups in total. The van der Waals surface area contributed by atoms with Gasteiger partial charge in [-0.25, -0.2) is 18.7 Å². The topological polar surface area (TPSA) is 61.4 Å². The molecule has 0 amide bonds. The number of rotatable bonds is 9. The lowest BCUT2D eigenvalue weighted by Crippen LogP contribution is -2.26. The predicted molar refractivity (Wildman–Crippen MR) is 91.4 cm³/mol. The standard InChI is InChI=1S/C19H25N2O4/c1-3-4-8-13-24-19(23)18(16-9-6-5-7-10-16)25-17(22)14-21-12-11-20(2)15-21/h5-7,9-12,15,18H,3-4,8,13-14H2,1-2H3/q+1/t18-/m0/s1. The van der Waals surface area contributed by atoms with Crippen molar-refractivity contribution < 1.29 is 23.6 Å². The number of unbranched alkanes of at least 4 members (excludes halogenated alkanes) is 2. The number of carbonyl (C=O) groups excluding carboxylic acids is 2. The monoisotopic (exact) mass is 345 g/mol. The molecule has 0 aliphatic heterocycles. The van der Waals surface area contributed by atoms with E-state index in [1.165, 1.54) is 0 Å². The number of hydrogen-bond donors (Lipinski definition) is 0. The molecule has 1 aromatic carbocycles. The second kappa shape index (κ2) is 9.61. The van der Waals surface area contributed by atoms with Crippen LogP contribution in [-0.2, 0) is 32.7 Å². The number of carbonyl (C=O) groups is 2. The van der Waals surface area contributed by atoms with E-state index in [0.717, 1.165) is 19.3 Å².